The lowest BCUT2D eigenvalue weighted by atomic mass is 10.0. The number of anilines is 3. The van der Waals surface area contributed by atoms with Gasteiger partial charge < -0.3 is 20.4 Å². The van der Waals surface area contributed by atoms with E-state index in [-0.39, 0.29) is 6.04 Å². The minimum absolute atomic E-state index is 0.284. The normalized spacial score (nSPS) is 12.6. The summed E-state index contributed by atoms with van der Waals surface area (Å²) in [6, 6.07) is 0.284. The van der Waals surface area contributed by atoms with Crippen molar-refractivity contribution < 1.29 is 0 Å². The van der Waals surface area contributed by atoms with Gasteiger partial charge in [-0.2, -0.15) is 15.0 Å². The van der Waals surface area contributed by atoms with Gasteiger partial charge in [0.1, 0.15) is 0 Å². The molecular weight excluding hydrogens is 266 g/mol. The molecule has 0 spiro atoms. The van der Waals surface area contributed by atoms with Crippen molar-refractivity contribution in [3.63, 3.8) is 0 Å². The standard InChI is InChI=1S/C14H29N7/c1-8-15-12-17-13(19-14(18-12)21(6)7)16-11(10(2)3)9-20(4)5/h10-11H,8-9H2,1-7H3,(H2,15,16,17,18,19). The zero-order chi connectivity index (χ0) is 16.0. The lowest BCUT2D eigenvalue weighted by molar-refractivity contribution is 0.343. The molecule has 0 saturated heterocycles. The molecule has 0 aliphatic carbocycles. The maximum atomic E-state index is 4.48. The Morgan fingerprint density at radius 3 is 2.10 bits per heavy atom. The van der Waals surface area contributed by atoms with E-state index < -0.39 is 0 Å². The van der Waals surface area contributed by atoms with Crippen molar-refractivity contribution in [2.45, 2.75) is 26.8 Å². The van der Waals surface area contributed by atoms with Crippen LogP contribution in [0, 0.1) is 5.92 Å². The lowest BCUT2D eigenvalue weighted by Gasteiger charge is -2.26. The summed E-state index contributed by atoms with van der Waals surface area (Å²) in [5.74, 6) is 2.35. The third-order valence-electron chi connectivity index (χ3n) is 3.04. The second-order valence-corrected chi connectivity index (χ2v) is 5.96. The van der Waals surface area contributed by atoms with Gasteiger partial charge in [0.05, 0.1) is 0 Å². The number of hydrogen-bond acceptors (Lipinski definition) is 7. The van der Waals surface area contributed by atoms with Gasteiger partial charge in [0, 0.05) is 33.2 Å². The molecular formula is C14H29N7. The highest BCUT2D eigenvalue weighted by atomic mass is 15.3. The van der Waals surface area contributed by atoms with E-state index in [0.29, 0.717) is 23.8 Å². The lowest BCUT2D eigenvalue weighted by Crippen LogP contribution is -2.37. The summed E-state index contributed by atoms with van der Waals surface area (Å²) in [6.45, 7) is 8.12. The van der Waals surface area contributed by atoms with Crippen molar-refractivity contribution in [2.75, 3.05) is 56.8 Å². The molecule has 1 heterocycles. The van der Waals surface area contributed by atoms with Crippen molar-refractivity contribution in [1.29, 1.82) is 0 Å². The third-order valence-corrected chi connectivity index (χ3v) is 3.04. The van der Waals surface area contributed by atoms with Crippen LogP contribution in [0.2, 0.25) is 0 Å². The van der Waals surface area contributed by atoms with Crippen LogP contribution in [0.1, 0.15) is 20.8 Å². The fourth-order valence-electron chi connectivity index (χ4n) is 1.85. The van der Waals surface area contributed by atoms with Crippen LogP contribution < -0.4 is 15.5 Å². The topological polar surface area (TPSA) is 69.2 Å². The Kier molecular flexibility index (Phi) is 6.61. The van der Waals surface area contributed by atoms with Gasteiger partial charge in [-0.1, -0.05) is 13.8 Å². The summed E-state index contributed by atoms with van der Waals surface area (Å²) in [5.41, 5.74) is 0. The Morgan fingerprint density at radius 1 is 1.00 bits per heavy atom. The maximum absolute atomic E-state index is 4.48. The van der Waals surface area contributed by atoms with E-state index in [1.807, 2.05) is 25.9 Å². The zero-order valence-corrected chi connectivity index (χ0v) is 14.3. The Bertz CT molecular complexity index is 431. The smallest absolute Gasteiger partial charge is 0.231 e. The second-order valence-electron chi connectivity index (χ2n) is 5.96. The Balaban J connectivity index is 2.98. The first-order valence-corrected chi connectivity index (χ1v) is 7.42. The van der Waals surface area contributed by atoms with E-state index in [9.17, 15) is 0 Å². The largest absolute Gasteiger partial charge is 0.354 e. The first-order chi connectivity index (χ1) is 9.83. The van der Waals surface area contributed by atoms with Gasteiger partial charge in [-0.05, 0) is 26.9 Å². The summed E-state index contributed by atoms with van der Waals surface area (Å²) in [4.78, 5) is 17.3. The molecule has 120 valence electrons. The summed E-state index contributed by atoms with van der Waals surface area (Å²) < 4.78 is 0. The molecule has 0 aliphatic heterocycles. The fourth-order valence-corrected chi connectivity index (χ4v) is 1.85. The van der Waals surface area contributed by atoms with Crippen LogP contribution in [-0.4, -0.2) is 67.2 Å². The summed E-state index contributed by atoms with van der Waals surface area (Å²) in [5, 5.41) is 6.58. The molecule has 1 atom stereocenters. The Morgan fingerprint density at radius 2 is 1.62 bits per heavy atom. The Labute approximate surface area is 128 Å². The van der Waals surface area contributed by atoms with Crippen molar-refractivity contribution in [1.82, 2.24) is 19.9 Å². The predicted octanol–water partition coefficient (Wildman–Crippen LogP) is 1.37. The van der Waals surface area contributed by atoms with E-state index in [1.165, 1.54) is 0 Å². The highest BCUT2D eigenvalue weighted by molar-refractivity contribution is 5.43. The first kappa shape index (κ1) is 17.4. The van der Waals surface area contributed by atoms with Crippen LogP contribution >= 0.6 is 0 Å². The molecule has 0 radical (unpaired) electrons. The molecule has 0 aliphatic rings. The second kappa shape index (κ2) is 7.97. The molecule has 1 aromatic heterocycles. The monoisotopic (exact) mass is 295 g/mol. The van der Waals surface area contributed by atoms with Crippen LogP contribution in [0.15, 0.2) is 0 Å². The van der Waals surface area contributed by atoms with E-state index in [2.05, 4.69) is 58.4 Å². The van der Waals surface area contributed by atoms with Crippen LogP contribution in [-0.2, 0) is 0 Å². The molecule has 1 aromatic rings. The van der Waals surface area contributed by atoms with Crippen LogP contribution in [0.5, 0.6) is 0 Å². The van der Waals surface area contributed by atoms with Crippen molar-refractivity contribution in [2.24, 2.45) is 5.92 Å². The van der Waals surface area contributed by atoms with E-state index >= 15 is 0 Å². The molecule has 0 fully saturated rings. The van der Waals surface area contributed by atoms with Crippen LogP contribution in [0.4, 0.5) is 17.8 Å². The van der Waals surface area contributed by atoms with Crippen molar-refractivity contribution in [3.8, 4) is 0 Å². The summed E-state index contributed by atoms with van der Waals surface area (Å²) >= 11 is 0. The van der Waals surface area contributed by atoms with E-state index in [1.54, 1.807) is 0 Å². The number of rotatable bonds is 8. The minimum atomic E-state index is 0.284. The molecule has 0 amide bonds. The number of likely N-dealkylation sites (N-methyl/N-ethyl adjacent to an activating group) is 1. The molecule has 21 heavy (non-hydrogen) atoms. The van der Waals surface area contributed by atoms with E-state index in [4.69, 9.17) is 0 Å². The van der Waals surface area contributed by atoms with Gasteiger partial charge in [0.2, 0.25) is 17.8 Å². The average Bonchev–Trinajstić information content (AvgIpc) is 2.37. The number of aromatic nitrogens is 3. The Hall–Kier alpha value is -1.63. The summed E-state index contributed by atoms with van der Waals surface area (Å²) in [6.07, 6.45) is 0. The SMILES string of the molecule is CCNc1nc(NC(CN(C)C)C(C)C)nc(N(C)C)n1. The van der Waals surface area contributed by atoms with Crippen LogP contribution in [0.3, 0.4) is 0 Å². The maximum Gasteiger partial charge on any atom is 0.231 e. The number of nitrogens with zero attached hydrogens (tertiary/aromatic N) is 5. The van der Waals surface area contributed by atoms with Gasteiger partial charge >= 0.3 is 0 Å². The summed E-state index contributed by atoms with van der Waals surface area (Å²) in [7, 11) is 7.99. The highest BCUT2D eigenvalue weighted by Gasteiger charge is 2.17. The molecule has 2 N–H and O–H groups in total. The van der Waals surface area contributed by atoms with Crippen molar-refractivity contribution in [3.05, 3.63) is 0 Å². The van der Waals surface area contributed by atoms with Gasteiger partial charge in [0.25, 0.3) is 0 Å². The van der Waals surface area contributed by atoms with Gasteiger partial charge in [-0.25, -0.2) is 0 Å². The van der Waals surface area contributed by atoms with Gasteiger partial charge in [-0.15, -0.1) is 0 Å². The molecule has 1 rings (SSSR count). The van der Waals surface area contributed by atoms with Crippen LogP contribution in [0.25, 0.3) is 0 Å². The molecule has 7 nitrogen and oxygen atoms in total. The third kappa shape index (κ3) is 5.71. The molecule has 0 saturated carbocycles. The quantitative estimate of drug-likeness (QED) is 0.750. The molecule has 0 aromatic carbocycles. The van der Waals surface area contributed by atoms with Gasteiger partial charge in [0.15, 0.2) is 0 Å². The highest BCUT2D eigenvalue weighted by Crippen LogP contribution is 2.14. The number of nitrogens with one attached hydrogen (secondary N) is 2. The zero-order valence-electron chi connectivity index (χ0n) is 14.3. The van der Waals surface area contributed by atoms with Crippen molar-refractivity contribution >= 4 is 17.8 Å². The minimum Gasteiger partial charge on any atom is -0.354 e. The van der Waals surface area contributed by atoms with E-state index in [0.717, 1.165) is 13.1 Å². The number of hydrogen-bond donors (Lipinski definition) is 2. The predicted molar refractivity (Wildman–Crippen MR) is 89.1 cm³/mol. The van der Waals surface area contributed by atoms with Gasteiger partial charge in [-0.3, -0.25) is 0 Å². The first-order valence-electron chi connectivity index (χ1n) is 7.42. The molecule has 0 bridgehead atoms. The fraction of sp³-hybridized carbons (Fsp3) is 0.786. The molecule has 7 heteroatoms. The molecule has 1 unspecified atom stereocenters. The average molecular weight is 295 g/mol.